The molecule has 0 bridgehead atoms. The van der Waals surface area contributed by atoms with E-state index in [4.69, 9.17) is 11.6 Å². The molecule has 0 radical (unpaired) electrons. The second-order valence-electron chi connectivity index (χ2n) is 5.55. The maximum Gasteiger partial charge on any atom is 0.287 e. The van der Waals surface area contributed by atoms with E-state index in [1.54, 1.807) is 0 Å². The number of thioether (sulfide) groups is 1. The highest BCUT2D eigenvalue weighted by molar-refractivity contribution is 7.98. The van der Waals surface area contributed by atoms with Crippen LogP contribution in [0.1, 0.15) is 5.56 Å². The predicted octanol–water partition coefficient (Wildman–Crippen LogP) is 2.19. The van der Waals surface area contributed by atoms with Crippen LogP contribution in [0.2, 0.25) is 5.02 Å². The number of aromatic amines is 1. The SMILES string of the molecule is O=c1cnc(-n2c(SCc3ccc(F)cc3F)nn3ncc(Cl)c3c2=O)c[nH]1. The van der Waals surface area contributed by atoms with Gasteiger partial charge in [-0.05, 0) is 11.6 Å². The summed E-state index contributed by atoms with van der Waals surface area (Å²) in [6.07, 6.45) is 3.52. The number of aromatic nitrogens is 6. The van der Waals surface area contributed by atoms with E-state index >= 15 is 0 Å². The molecule has 3 aromatic heterocycles. The third-order valence-corrected chi connectivity index (χ3v) is 5.00. The van der Waals surface area contributed by atoms with E-state index in [1.165, 1.54) is 18.5 Å². The van der Waals surface area contributed by atoms with E-state index in [2.05, 4.69) is 20.2 Å². The lowest BCUT2D eigenvalue weighted by atomic mass is 10.2. The van der Waals surface area contributed by atoms with Crippen molar-refractivity contribution >= 4 is 28.9 Å². The van der Waals surface area contributed by atoms with E-state index in [0.29, 0.717) is 0 Å². The van der Waals surface area contributed by atoms with E-state index in [1.807, 2.05) is 0 Å². The molecule has 142 valence electrons. The van der Waals surface area contributed by atoms with Gasteiger partial charge < -0.3 is 4.98 Å². The van der Waals surface area contributed by atoms with Crippen molar-refractivity contribution in [3.8, 4) is 5.82 Å². The number of fused-ring (bicyclic) bond motifs is 1. The number of hydrogen-bond donors (Lipinski definition) is 1. The fraction of sp³-hybridized carbons (Fsp3) is 0.0625. The van der Waals surface area contributed by atoms with Gasteiger partial charge in [-0.3, -0.25) is 9.59 Å². The topological polar surface area (TPSA) is 97.9 Å². The molecule has 4 rings (SSSR count). The Hall–Kier alpha value is -3.05. The maximum absolute atomic E-state index is 13.9. The molecule has 1 aromatic carbocycles. The van der Waals surface area contributed by atoms with Crippen LogP contribution in [-0.4, -0.2) is 29.4 Å². The maximum atomic E-state index is 13.9. The van der Waals surface area contributed by atoms with E-state index in [9.17, 15) is 18.4 Å². The van der Waals surface area contributed by atoms with Gasteiger partial charge in [-0.25, -0.2) is 18.3 Å². The van der Waals surface area contributed by atoms with Crippen molar-refractivity contribution < 1.29 is 8.78 Å². The molecular formula is C16H9ClF2N6O2S. The molecule has 0 atom stereocenters. The highest BCUT2D eigenvalue weighted by Crippen LogP contribution is 2.24. The number of halogens is 3. The Balaban J connectivity index is 1.84. The zero-order chi connectivity index (χ0) is 19.8. The minimum atomic E-state index is -0.716. The first-order valence-corrected chi connectivity index (χ1v) is 9.09. The number of nitrogens with one attached hydrogen (secondary N) is 1. The van der Waals surface area contributed by atoms with Gasteiger partial charge in [0, 0.05) is 18.0 Å². The van der Waals surface area contributed by atoms with Crippen LogP contribution in [0, 0.1) is 11.6 Å². The van der Waals surface area contributed by atoms with Crippen molar-refractivity contribution in [1.29, 1.82) is 0 Å². The molecule has 0 saturated carbocycles. The highest BCUT2D eigenvalue weighted by atomic mass is 35.5. The van der Waals surface area contributed by atoms with E-state index in [0.717, 1.165) is 39.3 Å². The summed E-state index contributed by atoms with van der Waals surface area (Å²) >= 11 is 7.03. The third kappa shape index (κ3) is 3.29. The van der Waals surface area contributed by atoms with Crippen LogP contribution in [0.5, 0.6) is 0 Å². The van der Waals surface area contributed by atoms with Crippen LogP contribution in [-0.2, 0) is 5.75 Å². The fourth-order valence-electron chi connectivity index (χ4n) is 2.44. The van der Waals surface area contributed by atoms with E-state index < -0.39 is 22.8 Å². The number of rotatable bonds is 4. The van der Waals surface area contributed by atoms with E-state index in [-0.39, 0.29) is 32.8 Å². The standard InChI is InChI=1S/C16H9ClF2N6O2S/c17-10-4-22-25-14(10)15(27)24(12-5-21-13(26)6-20-12)16(23-25)28-7-8-1-2-9(18)3-11(8)19/h1-6H,7H2,(H,21,26). The molecule has 0 saturated heterocycles. The Morgan fingerprint density at radius 2 is 2.04 bits per heavy atom. The van der Waals surface area contributed by atoms with Gasteiger partial charge >= 0.3 is 0 Å². The van der Waals surface area contributed by atoms with Crippen molar-refractivity contribution in [2.24, 2.45) is 0 Å². The molecule has 4 aromatic rings. The summed E-state index contributed by atoms with van der Waals surface area (Å²) < 4.78 is 29.2. The Kier molecular flexibility index (Phi) is 4.69. The molecule has 0 aliphatic heterocycles. The summed E-state index contributed by atoms with van der Waals surface area (Å²) in [6.45, 7) is 0. The fourth-order valence-corrected chi connectivity index (χ4v) is 3.59. The van der Waals surface area contributed by atoms with Gasteiger partial charge in [0.25, 0.3) is 11.1 Å². The summed E-state index contributed by atoms with van der Waals surface area (Å²) in [5.74, 6) is -1.25. The molecule has 1 N–H and O–H groups in total. The van der Waals surface area contributed by atoms with Gasteiger partial charge in [0.15, 0.2) is 16.5 Å². The Morgan fingerprint density at radius 1 is 1.21 bits per heavy atom. The van der Waals surface area contributed by atoms with Crippen LogP contribution in [0.3, 0.4) is 0 Å². The van der Waals surface area contributed by atoms with Gasteiger partial charge in [-0.2, -0.15) is 5.10 Å². The normalized spacial score (nSPS) is 11.2. The number of benzene rings is 1. The number of H-pyrrole nitrogens is 1. The monoisotopic (exact) mass is 422 g/mol. The van der Waals surface area contributed by atoms with Crippen molar-refractivity contribution in [3.05, 3.63) is 79.7 Å². The summed E-state index contributed by atoms with van der Waals surface area (Å²) in [5.41, 5.74) is -0.776. The largest absolute Gasteiger partial charge is 0.324 e. The van der Waals surface area contributed by atoms with Gasteiger partial charge in [-0.1, -0.05) is 29.4 Å². The predicted molar refractivity (Wildman–Crippen MR) is 97.9 cm³/mol. The second-order valence-corrected chi connectivity index (χ2v) is 6.90. The van der Waals surface area contributed by atoms with Gasteiger partial charge in [-0.15, -0.1) is 9.73 Å². The first-order valence-electron chi connectivity index (χ1n) is 7.72. The lowest BCUT2D eigenvalue weighted by Crippen LogP contribution is -2.26. The molecule has 0 spiro atoms. The lowest BCUT2D eigenvalue weighted by molar-refractivity contribution is 0.576. The number of nitrogens with zero attached hydrogens (tertiary/aromatic N) is 5. The average Bonchev–Trinajstić information content (AvgIpc) is 3.03. The molecule has 0 amide bonds. The Labute approximate surface area is 163 Å². The number of hydrogen-bond acceptors (Lipinski definition) is 6. The van der Waals surface area contributed by atoms with Gasteiger partial charge in [0.05, 0.1) is 17.4 Å². The zero-order valence-corrected chi connectivity index (χ0v) is 15.3. The van der Waals surface area contributed by atoms with Gasteiger partial charge in [0.2, 0.25) is 0 Å². The molecule has 12 heteroatoms. The van der Waals surface area contributed by atoms with Crippen molar-refractivity contribution in [3.63, 3.8) is 0 Å². The summed E-state index contributed by atoms with van der Waals surface area (Å²) in [6, 6.07) is 3.22. The summed E-state index contributed by atoms with van der Waals surface area (Å²) in [5, 5.41) is 8.37. The average molecular weight is 423 g/mol. The molecule has 0 unspecified atom stereocenters. The lowest BCUT2D eigenvalue weighted by Gasteiger charge is -2.11. The van der Waals surface area contributed by atoms with Crippen LogP contribution < -0.4 is 11.1 Å². The Bertz CT molecular complexity index is 1300. The molecule has 8 nitrogen and oxygen atoms in total. The minimum Gasteiger partial charge on any atom is -0.324 e. The van der Waals surface area contributed by atoms with Crippen molar-refractivity contribution in [2.45, 2.75) is 10.9 Å². The summed E-state index contributed by atoms with van der Waals surface area (Å²) in [7, 11) is 0. The van der Waals surface area contributed by atoms with Crippen LogP contribution >= 0.6 is 23.4 Å². The first-order chi connectivity index (χ1) is 13.4. The van der Waals surface area contributed by atoms with Crippen LogP contribution in [0.15, 0.2) is 51.5 Å². The molecular weight excluding hydrogens is 414 g/mol. The molecule has 0 fully saturated rings. The minimum absolute atomic E-state index is 0.0204. The molecule has 0 aliphatic rings. The second kappa shape index (κ2) is 7.17. The third-order valence-electron chi connectivity index (χ3n) is 3.74. The van der Waals surface area contributed by atoms with Crippen LogP contribution in [0.4, 0.5) is 8.78 Å². The van der Waals surface area contributed by atoms with Crippen molar-refractivity contribution in [1.82, 2.24) is 29.4 Å². The summed E-state index contributed by atoms with van der Waals surface area (Å²) in [4.78, 5) is 30.6. The van der Waals surface area contributed by atoms with Crippen molar-refractivity contribution in [2.75, 3.05) is 0 Å². The molecule has 28 heavy (non-hydrogen) atoms. The van der Waals surface area contributed by atoms with Gasteiger partial charge in [0.1, 0.15) is 11.6 Å². The quantitative estimate of drug-likeness (QED) is 0.506. The van der Waals surface area contributed by atoms with Crippen LogP contribution in [0.25, 0.3) is 11.3 Å². The highest BCUT2D eigenvalue weighted by Gasteiger charge is 2.18. The Morgan fingerprint density at radius 3 is 2.75 bits per heavy atom. The molecule has 3 heterocycles. The first kappa shape index (κ1) is 18.3. The molecule has 0 aliphatic carbocycles. The smallest absolute Gasteiger partial charge is 0.287 e. The zero-order valence-electron chi connectivity index (χ0n) is 13.8.